The van der Waals surface area contributed by atoms with Crippen molar-refractivity contribution in [3.05, 3.63) is 88.7 Å². The molecule has 184 valence electrons. The average Bonchev–Trinajstić information content (AvgIpc) is 2.89. The molecule has 0 saturated carbocycles. The molecule has 1 aromatic heterocycles. The number of likely N-dealkylation sites (tertiary alicyclic amines) is 1. The van der Waals surface area contributed by atoms with Gasteiger partial charge in [-0.05, 0) is 81.0 Å². The van der Waals surface area contributed by atoms with Crippen LogP contribution in [0.1, 0.15) is 70.0 Å². The van der Waals surface area contributed by atoms with Crippen LogP contribution in [0, 0.1) is 18.3 Å². The molecule has 2 amide bonds. The van der Waals surface area contributed by atoms with E-state index >= 15 is 0 Å². The number of aryl methyl sites for hydroxylation is 1. The zero-order valence-corrected chi connectivity index (χ0v) is 20.9. The number of carbonyl (C=O) groups is 2. The number of anilines is 2. The Morgan fingerprint density at radius 3 is 2.42 bits per heavy atom. The van der Waals surface area contributed by atoms with Crippen molar-refractivity contribution in [3.63, 3.8) is 0 Å². The number of nitrogens with one attached hydrogen (secondary N) is 2. The normalized spacial score (nSPS) is 13.8. The maximum absolute atomic E-state index is 13.3. The number of pyridine rings is 1. The van der Waals surface area contributed by atoms with E-state index in [2.05, 4.69) is 21.7 Å². The van der Waals surface area contributed by atoms with Crippen molar-refractivity contribution in [2.45, 2.75) is 45.6 Å². The van der Waals surface area contributed by atoms with Gasteiger partial charge in [-0.2, -0.15) is 5.26 Å². The summed E-state index contributed by atoms with van der Waals surface area (Å²) in [6, 6.07) is 17.4. The Bertz CT molecular complexity index is 1290. The molecule has 4 rings (SSSR count). The number of benzene rings is 2. The molecule has 1 fully saturated rings. The zero-order chi connectivity index (χ0) is 25.7. The van der Waals surface area contributed by atoms with Gasteiger partial charge in [0.15, 0.2) is 0 Å². The molecule has 1 aliphatic rings. The van der Waals surface area contributed by atoms with Gasteiger partial charge in [-0.15, -0.1) is 0 Å². The number of carbonyl (C=O) groups excluding carboxylic acids is 2. The van der Waals surface area contributed by atoms with E-state index in [0.717, 1.165) is 24.1 Å². The first-order chi connectivity index (χ1) is 17.3. The monoisotopic (exact) mass is 481 g/mol. The van der Waals surface area contributed by atoms with Crippen molar-refractivity contribution in [2.75, 3.05) is 18.4 Å². The lowest BCUT2D eigenvalue weighted by Crippen LogP contribution is -2.37. The lowest BCUT2D eigenvalue weighted by atomic mass is 9.89. The summed E-state index contributed by atoms with van der Waals surface area (Å²) in [7, 11) is 0. The maximum Gasteiger partial charge on any atom is 0.253 e. The Morgan fingerprint density at radius 2 is 1.75 bits per heavy atom. The van der Waals surface area contributed by atoms with Crippen LogP contribution in [-0.4, -0.2) is 40.8 Å². The Kier molecular flexibility index (Phi) is 7.65. The number of hydrogen-bond acceptors (Lipinski definition) is 5. The second-order valence-corrected chi connectivity index (χ2v) is 9.55. The first-order valence-electron chi connectivity index (χ1n) is 12.3. The van der Waals surface area contributed by atoms with Gasteiger partial charge in [0.25, 0.3) is 11.8 Å². The lowest BCUT2D eigenvalue weighted by Gasteiger charge is -2.32. The fraction of sp³-hybridized carbons (Fsp3) is 0.310. The van der Waals surface area contributed by atoms with Crippen molar-refractivity contribution < 1.29 is 9.59 Å². The number of aromatic nitrogens is 1. The summed E-state index contributed by atoms with van der Waals surface area (Å²) in [4.78, 5) is 31.7. The van der Waals surface area contributed by atoms with Gasteiger partial charge in [-0.25, -0.2) is 0 Å². The fourth-order valence-corrected chi connectivity index (χ4v) is 4.45. The van der Waals surface area contributed by atoms with E-state index in [0.29, 0.717) is 41.4 Å². The van der Waals surface area contributed by atoms with Gasteiger partial charge >= 0.3 is 0 Å². The molecule has 1 saturated heterocycles. The largest absolute Gasteiger partial charge is 0.354 e. The van der Waals surface area contributed by atoms with Gasteiger partial charge in [0.1, 0.15) is 0 Å². The molecule has 0 atom stereocenters. The average molecular weight is 482 g/mol. The van der Waals surface area contributed by atoms with Crippen LogP contribution >= 0.6 is 0 Å². The third-order valence-electron chi connectivity index (χ3n) is 6.48. The minimum absolute atomic E-state index is 0.0134. The van der Waals surface area contributed by atoms with Gasteiger partial charge < -0.3 is 15.5 Å². The van der Waals surface area contributed by atoms with E-state index in [1.807, 2.05) is 68.1 Å². The predicted molar refractivity (Wildman–Crippen MR) is 140 cm³/mol. The topological polar surface area (TPSA) is 98.1 Å². The van der Waals surface area contributed by atoms with Gasteiger partial charge in [-0.1, -0.05) is 18.2 Å². The van der Waals surface area contributed by atoms with E-state index in [1.54, 1.807) is 12.3 Å². The highest BCUT2D eigenvalue weighted by Gasteiger charge is 2.25. The van der Waals surface area contributed by atoms with E-state index in [-0.39, 0.29) is 17.9 Å². The van der Waals surface area contributed by atoms with E-state index in [9.17, 15) is 9.59 Å². The van der Waals surface area contributed by atoms with Crippen molar-refractivity contribution in [2.24, 2.45) is 0 Å². The standard InChI is InChI=1S/C29H31N5O2/c1-19(2)32-28(35)25-14-26(18-31-17-25)33-27-15-24(7-4-20(27)3)29(36)34-12-10-23(11-13-34)22-8-5-21(16-30)6-9-22/h4-9,14-15,17-19,23,33H,10-13H2,1-3H3,(H,32,35). The van der Waals surface area contributed by atoms with Crippen molar-refractivity contribution >= 4 is 23.2 Å². The van der Waals surface area contributed by atoms with Crippen molar-refractivity contribution in [3.8, 4) is 6.07 Å². The first kappa shape index (κ1) is 24.9. The van der Waals surface area contributed by atoms with Gasteiger partial charge in [0, 0.05) is 36.6 Å². The smallest absolute Gasteiger partial charge is 0.253 e. The number of rotatable bonds is 6. The van der Waals surface area contributed by atoms with Crippen molar-refractivity contribution in [1.82, 2.24) is 15.2 Å². The molecule has 2 N–H and O–H groups in total. The summed E-state index contributed by atoms with van der Waals surface area (Å²) < 4.78 is 0. The van der Waals surface area contributed by atoms with Gasteiger partial charge in [0.05, 0.1) is 29.1 Å². The number of nitrogens with zero attached hydrogens (tertiary/aromatic N) is 3. The van der Waals surface area contributed by atoms with E-state index in [4.69, 9.17) is 5.26 Å². The third-order valence-corrected chi connectivity index (χ3v) is 6.48. The molecule has 0 unspecified atom stereocenters. The molecule has 0 bridgehead atoms. The summed E-state index contributed by atoms with van der Waals surface area (Å²) in [5.74, 6) is 0.232. The lowest BCUT2D eigenvalue weighted by molar-refractivity contribution is 0.0713. The molecule has 2 heterocycles. The maximum atomic E-state index is 13.3. The van der Waals surface area contributed by atoms with Crippen molar-refractivity contribution in [1.29, 1.82) is 5.26 Å². The van der Waals surface area contributed by atoms with Gasteiger partial charge in [-0.3, -0.25) is 14.6 Å². The van der Waals surface area contributed by atoms with Crippen LogP contribution in [0.5, 0.6) is 0 Å². The summed E-state index contributed by atoms with van der Waals surface area (Å²) in [5.41, 5.74) is 5.46. The third kappa shape index (κ3) is 5.89. The van der Waals surface area contributed by atoms with Crippen LogP contribution in [0.25, 0.3) is 0 Å². The van der Waals surface area contributed by atoms with Crippen LogP contribution in [0.4, 0.5) is 11.4 Å². The molecular formula is C29H31N5O2. The SMILES string of the molecule is Cc1ccc(C(=O)N2CCC(c3ccc(C#N)cc3)CC2)cc1Nc1cncc(C(=O)NC(C)C)c1. The molecule has 0 spiro atoms. The minimum atomic E-state index is -0.175. The van der Waals surface area contributed by atoms with E-state index < -0.39 is 0 Å². The molecule has 3 aromatic rings. The highest BCUT2D eigenvalue weighted by atomic mass is 16.2. The Balaban J connectivity index is 1.43. The molecule has 0 radical (unpaired) electrons. The van der Waals surface area contributed by atoms with E-state index in [1.165, 1.54) is 11.8 Å². The molecule has 0 aliphatic carbocycles. The molecule has 2 aromatic carbocycles. The van der Waals surface area contributed by atoms with Crippen LogP contribution in [0.15, 0.2) is 60.9 Å². The number of nitriles is 1. The van der Waals surface area contributed by atoms with Gasteiger partial charge in [0.2, 0.25) is 0 Å². The number of amides is 2. The Hall–Kier alpha value is -4.18. The number of piperidine rings is 1. The highest BCUT2D eigenvalue weighted by molar-refractivity contribution is 5.96. The number of hydrogen-bond donors (Lipinski definition) is 2. The summed E-state index contributed by atoms with van der Waals surface area (Å²) >= 11 is 0. The summed E-state index contributed by atoms with van der Waals surface area (Å²) in [6.45, 7) is 7.18. The fourth-order valence-electron chi connectivity index (χ4n) is 4.45. The second kappa shape index (κ2) is 11.0. The van der Waals surface area contributed by atoms with Crippen LogP contribution in [0.2, 0.25) is 0 Å². The quantitative estimate of drug-likeness (QED) is 0.507. The molecule has 36 heavy (non-hydrogen) atoms. The molecular weight excluding hydrogens is 450 g/mol. The first-order valence-corrected chi connectivity index (χ1v) is 12.3. The Morgan fingerprint density at radius 1 is 1.03 bits per heavy atom. The Labute approximate surface area is 212 Å². The van der Waals surface area contributed by atoms with Crippen LogP contribution in [-0.2, 0) is 0 Å². The van der Waals surface area contributed by atoms with Crippen LogP contribution < -0.4 is 10.6 Å². The molecule has 1 aliphatic heterocycles. The molecule has 7 heteroatoms. The zero-order valence-electron chi connectivity index (χ0n) is 20.9. The molecule has 7 nitrogen and oxygen atoms in total. The highest BCUT2D eigenvalue weighted by Crippen LogP contribution is 2.30. The second-order valence-electron chi connectivity index (χ2n) is 9.55. The summed E-state index contributed by atoms with van der Waals surface area (Å²) in [6.07, 6.45) is 4.99. The van der Waals surface area contributed by atoms with Crippen LogP contribution in [0.3, 0.4) is 0 Å². The minimum Gasteiger partial charge on any atom is -0.354 e. The summed E-state index contributed by atoms with van der Waals surface area (Å²) in [5, 5.41) is 15.2. The predicted octanol–water partition coefficient (Wildman–Crippen LogP) is 5.16.